The van der Waals surface area contributed by atoms with Gasteiger partial charge in [-0.05, 0) is 44.9 Å². The lowest BCUT2D eigenvalue weighted by atomic mass is 9.95. The van der Waals surface area contributed by atoms with E-state index in [1.54, 1.807) is 19.1 Å². The fourth-order valence-electron chi connectivity index (χ4n) is 3.66. The predicted octanol–water partition coefficient (Wildman–Crippen LogP) is 2.25. The Labute approximate surface area is 188 Å². The second-order valence-corrected chi connectivity index (χ2v) is 10.7. The summed E-state index contributed by atoms with van der Waals surface area (Å²) in [4.78, 5) is 10.8. The van der Waals surface area contributed by atoms with Crippen molar-refractivity contribution in [1.29, 1.82) is 0 Å². The van der Waals surface area contributed by atoms with Crippen LogP contribution in [0.5, 0.6) is 0 Å². The Morgan fingerprint density at radius 3 is 2.84 bits per heavy atom. The maximum atomic E-state index is 14.5. The third-order valence-electron chi connectivity index (χ3n) is 5.79. The lowest BCUT2D eigenvalue weighted by molar-refractivity contribution is -0.224. The van der Waals surface area contributed by atoms with Crippen molar-refractivity contribution in [2.75, 3.05) is 12.9 Å². The Morgan fingerprint density at radius 1 is 1.44 bits per heavy atom. The van der Waals surface area contributed by atoms with Crippen LogP contribution in [-0.4, -0.2) is 55.5 Å². The smallest absolute Gasteiger partial charge is 0.177 e. The molecule has 0 amide bonds. The summed E-state index contributed by atoms with van der Waals surface area (Å²) in [5.74, 6) is 5.02. The number of oxime groups is 1. The maximum absolute atomic E-state index is 14.5. The summed E-state index contributed by atoms with van der Waals surface area (Å²) >= 11 is 0. The summed E-state index contributed by atoms with van der Waals surface area (Å²) in [5.41, 5.74) is 3.62. The Bertz CT molecular complexity index is 1010. The maximum Gasteiger partial charge on any atom is 0.177 e. The second-order valence-electron chi connectivity index (χ2n) is 8.26. The van der Waals surface area contributed by atoms with Gasteiger partial charge in [0, 0.05) is 43.3 Å². The van der Waals surface area contributed by atoms with Gasteiger partial charge in [0.25, 0.3) is 0 Å². The molecule has 1 saturated heterocycles. The molecular formula is C22H29FN2O6S. The molecule has 2 aliphatic rings. The lowest BCUT2D eigenvalue weighted by Crippen LogP contribution is -2.55. The number of nitrogens with zero attached hydrogens (tertiary/aromatic N) is 1. The third-order valence-corrected chi connectivity index (χ3v) is 7.87. The van der Waals surface area contributed by atoms with Crippen LogP contribution in [0, 0.1) is 17.7 Å². The van der Waals surface area contributed by atoms with Crippen molar-refractivity contribution in [3.63, 3.8) is 0 Å². The summed E-state index contributed by atoms with van der Waals surface area (Å²) in [6, 6.07) is 4.58. The number of hydrogen-bond donors (Lipinski definition) is 2. The highest BCUT2D eigenvalue weighted by molar-refractivity contribution is 7.92. The number of ether oxygens (including phenoxy) is 1. The Morgan fingerprint density at radius 2 is 2.22 bits per heavy atom. The molecule has 0 aromatic heterocycles. The van der Waals surface area contributed by atoms with E-state index in [1.165, 1.54) is 13.0 Å². The highest BCUT2D eigenvalue weighted by Crippen LogP contribution is 2.32. The highest BCUT2D eigenvalue weighted by Gasteiger charge is 2.47. The Hall–Kier alpha value is -2.03. The average molecular weight is 469 g/mol. The van der Waals surface area contributed by atoms with Gasteiger partial charge in [0.1, 0.15) is 22.9 Å². The minimum absolute atomic E-state index is 0.0805. The van der Waals surface area contributed by atoms with Gasteiger partial charge in [0.05, 0.1) is 5.71 Å². The molecular weight excluding hydrogens is 439 g/mol. The van der Waals surface area contributed by atoms with Gasteiger partial charge in [-0.2, -0.15) is 5.48 Å². The number of hydrogen-bond acceptors (Lipinski definition) is 8. The highest BCUT2D eigenvalue weighted by atomic mass is 32.2. The topological polar surface area (TPSA) is 106 Å². The summed E-state index contributed by atoms with van der Waals surface area (Å²) in [6.07, 6.45) is 0.892. The molecule has 1 aromatic rings. The van der Waals surface area contributed by atoms with Crippen molar-refractivity contribution >= 4 is 15.5 Å². The van der Waals surface area contributed by atoms with Crippen LogP contribution in [0.25, 0.3) is 0 Å². The van der Waals surface area contributed by atoms with Crippen LogP contribution in [0.3, 0.4) is 0 Å². The quantitative estimate of drug-likeness (QED) is 0.342. The van der Waals surface area contributed by atoms with E-state index >= 15 is 0 Å². The average Bonchev–Trinajstić information content (AvgIpc) is 3.20. The zero-order valence-electron chi connectivity index (χ0n) is 18.4. The van der Waals surface area contributed by atoms with Gasteiger partial charge in [0.2, 0.25) is 0 Å². The standard InChI is InChI=1S/C22H29FN2O6S/c1-4-7-15-9-10-17(18(23)12-15)19-13-16(30-24-19)14-22(2,32(3,27)28)21(26)25-31-20-8-5-6-11-29-20/h9-10,12,16,20-21,25-26H,5-6,8,11,13-14H2,1-3H3. The van der Waals surface area contributed by atoms with Gasteiger partial charge in [-0.25, -0.2) is 12.8 Å². The molecule has 0 spiro atoms. The number of aliphatic hydroxyl groups is 1. The first-order valence-corrected chi connectivity index (χ1v) is 12.4. The van der Waals surface area contributed by atoms with Crippen LogP contribution in [-0.2, 0) is 24.2 Å². The minimum Gasteiger partial charge on any atom is -0.392 e. The van der Waals surface area contributed by atoms with Crippen LogP contribution in [0.4, 0.5) is 4.39 Å². The molecule has 0 saturated carbocycles. The number of halogens is 1. The molecule has 0 radical (unpaired) electrons. The van der Waals surface area contributed by atoms with E-state index in [0.717, 1.165) is 19.1 Å². The minimum atomic E-state index is -3.76. The summed E-state index contributed by atoms with van der Waals surface area (Å²) in [6.45, 7) is 3.62. The van der Waals surface area contributed by atoms with E-state index in [0.29, 0.717) is 24.3 Å². The molecule has 32 heavy (non-hydrogen) atoms. The molecule has 4 atom stereocenters. The molecule has 8 nitrogen and oxygen atoms in total. The number of benzene rings is 1. The van der Waals surface area contributed by atoms with Crippen LogP contribution in [0.15, 0.2) is 23.4 Å². The zero-order chi connectivity index (χ0) is 23.4. The third kappa shape index (κ3) is 5.66. The predicted molar refractivity (Wildman–Crippen MR) is 117 cm³/mol. The van der Waals surface area contributed by atoms with E-state index in [4.69, 9.17) is 14.4 Å². The van der Waals surface area contributed by atoms with Crippen LogP contribution >= 0.6 is 0 Å². The largest absolute Gasteiger partial charge is 0.392 e. The molecule has 10 heteroatoms. The fourth-order valence-corrected chi connectivity index (χ4v) is 4.60. The van der Waals surface area contributed by atoms with Crippen LogP contribution in [0.1, 0.15) is 57.1 Å². The monoisotopic (exact) mass is 468 g/mol. The van der Waals surface area contributed by atoms with Gasteiger partial charge in [-0.15, -0.1) is 5.92 Å². The molecule has 2 aliphatic heterocycles. The molecule has 3 rings (SSSR count). The van der Waals surface area contributed by atoms with Crippen molar-refractivity contribution in [2.45, 2.75) is 69.3 Å². The second kappa shape index (κ2) is 10.3. The van der Waals surface area contributed by atoms with Crippen LogP contribution < -0.4 is 5.48 Å². The Kier molecular flexibility index (Phi) is 7.90. The summed E-state index contributed by atoms with van der Waals surface area (Å²) in [5, 5.41) is 14.6. The molecule has 2 N–H and O–H groups in total. The first-order valence-electron chi connectivity index (χ1n) is 10.5. The van der Waals surface area contributed by atoms with E-state index < -0.39 is 39.0 Å². The first kappa shape index (κ1) is 24.6. The van der Waals surface area contributed by atoms with Crippen molar-refractivity contribution in [2.24, 2.45) is 5.16 Å². The van der Waals surface area contributed by atoms with Crippen molar-refractivity contribution in [1.82, 2.24) is 5.48 Å². The van der Waals surface area contributed by atoms with Crippen LogP contribution in [0.2, 0.25) is 0 Å². The van der Waals surface area contributed by atoms with E-state index in [2.05, 4.69) is 22.5 Å². The molecule has 4 unspecified atom stereocenters. The van der Waals surface area contributed by atoms with E-state index in [-0.39, 0.29) is 18.4 Å². The van der Waals surface area contributed by atoms with Gasteiger partial charge in [-0.1, -0.05) is 11.1 Å². The van der Waals surface area contributed by atoms with Gasteiger partial charge in [-0.3, -0.25) is 4.84 Å². The number of sulfone groups is 1. The zero-order valence-corrected chi connectivity index (χ0v) is 19.2. The summed E-state index contributed by atoms with van der Waals surface area (Å²) in [7, 11) is -3.76. The van der Waals surface area contributed by atoms with Crippen molar-refractivity contribution in [3.05, 3.63) is 35.1 Å². The number of hydroxylamine groups is 1. The normalized spacial score (nSPS) is 24.0. The SMILES string of the molecule is CC#Cc1ccc(C2=NOC(CC(C)(C(O)NOC3CCCCO3)S(C)(=O)=O)C2)c(F)c1. The van der Waals surface area contributed by atoms with Gasteiger partial charge in [0.15, 0.2) is 16.1 Å². The molecule has 176 valence electrons. The summed E-state index contributed by atoms with van der Waals surface area (Å²) < 4.78 is 43.5. The van der Waals surface area contributed by atoms with E-state index in [1.807, 2.05) is 0 Å². The van der Waals surface area contributed by atoms with Crippen molar-refractivity contribution in [3.8, 4) is 11.8 Å². The number of rotatable bonds is 8. The molecule has 2 heterocycles. The van der Waals surface area contributed by atoms with Gasteiger partial charge < -0.3 is 14.7 Å². The van der Waals surface area contributed by atoms with Crippen molar-refractivity contribution < 1.29 is 32.3 Å². The molecule has 0 bridgehead atoms. The molecule has 1 fully saturated rings. The van der Waals surface area contributed by atoms with E-state index in [9.17, 15) is 17.9 Å². The number of nitrogens with one attached hydrogen (secondary N) is 1. The lowest BCUT2D eigenvalue weighted by Gasteiger charge is -2.35. The first-order chi connectivity index (χ1) is 15.1. The fraction of sp³-hybridized carbons (Fsp3) is 0.591. The van der Waals surface area contributed by atoms with Gasteiger partial charge >= 0.3 is 0 Å². The molecule has 1 aromatic carbocycles. The Balaban J connectivity index is 1.67. The number of aliphatic hydroxyl groups excluding tert-OH is 1. The molecule has 0 aliphatic carbocycles.